The second-order valence-corrected chi connectivity index (χ2v) is 8.26. The first-order valence-corrected chi connectivity index (χ1v) is 11.4. The van der Waals surface area contributed by atoms with Gasteiger partial charge in [-0.25, -0.2) is 4.98 Å². The third-order valence-electron chi connectivity index (χ3n) is 5.90. The second kappa shape index (κ2) is 10.1. The average Bonchev–Trinajstić information content (AvgIpc) is 3.31. The third-order valence-corrected chi connectivity index (χ3v) is 5.90. The molecular weight excluding hydrogens is 468 g/mol. The highest BCUT2D eigenvalue weighted by Gasteiger charge is 2.24. The smallest absolute Gasteiger partial charge is 0.387 e. The molecule has 0 bridgehead atoms. The molecule has 3 N–H and O–H groups in total. The highest BCUT2D eigenvalue weighted by atomic mass is 19.3. The first kappa shape index (κ1) is 23.4. The molecule has 1 aliphatic rings. The molecule has 3 heterocycles. The van der Waals surface area contributed by atoms with Crippen molar-refractivity contribution in [3.05, 3.63) is 71.4 Å². The summed E-state index contributed by atoms with van der Waals surface area (Å²) in [6, 6.07) is 14.6. The minimum absolute atomic E-state index is 0.0732. The van der Waals surface area contributed by atoms with Gasteiger partial charge in [0, 0.05) is 31.7 Å². The summed E-state index contributed by atoms with van der Waals surface area (Å²) in [6.07, 6.45) is 3.56. The number of phenols is 1. The van der Waals surface area contributed by atoms with Gasteiger partial charge in [-0.1, -0.05) is 18.2 Å². The number of carbonyl (C=O) groups is 1. The Morgan fingerprint density at radius 2 is 1.78 bits per heavy atom. The van der Waals surface area contributed by atoms with E-state index in [1.165, 1.54) is 12.1 Å². The fraction of sp³-hybridized carbons (Fsp3) is 0.192. The molecule has 8 nitrogen and oxygen atoms in total. The number of amides is 1. The van der Waals surface area contributed by atoms with Gasteiger partial charge >= 0.3 is 6.61 Å². The highest BCUT2D eigenvalue weighted by molar-refractivity contribution is 6.09. The first-order valence-electron chi connectivity index (χ1n) is 11.4. The molecule has 0 radical (unpaired) electrons. The Morgan fingerprint density at radius 3 is 2.47 bits per heavy atom. The van der Waals surface area contributed by atoms with E-state index in [0.29, 0.717) is 54.2 Å². The van der Waals surface area contributed by atoms with E-state index in [0.717, 1.165) is 11.1 Å². The third kappa shape index (κ3) is 5.03. The Kier molecular flexibility index (Phi) is 6.59. The minimum Gasteiger partial charge on any atom is -0.508 e. The molecular formula is C26H23F2N5O3. The van der Waals surface area contributed by atoms with E-state index in [2.05, 4.69) is 25.2 Å². The molecule has 184 valence electrons. The van der Waals surface area contributed by atoms with Gasteiger partial charge in [0.25, 0.3) is 5.91 Å². The summed E-state index contributed by atoms with van der Waals surface area (Å²) >= 11 is 0. The number of hydrogen-bond acceptors (Lipinski definition) is 6. The van der Waals surface area contributed by atoms with Crippen molar-refractivity contribution in [2.24, 2.45) is 0 Å². The number of H-pyrrole nitrogens is 1. The van der Waals surface area contributed by atoms with Crippen molar-refractivity contribution in [2.75, 3.05) is 26.2 Å². The number of carbonyl (C=O) groups excluding carboxylic acids is 1. The molecule has 10 heteroatoms. The minimum atomic E-state index is -2.88. The monoisotopic (exact) mass is 491 g/mol. The zero-order valence-electron chi connectivity index (χ0n) is 19.1. The largest absolute Gasteiger partial charge is 0.508 e. The number of halogens is 2. The van der Waals surface area contributed by atoms with Gasteiger partial charge in [0.15, 0.2) is 5.65 Å². The Hall–Kier alpha value is -4.31. The van der Waals surface area contributed by atoms with Gasteiger partial charge in [-0.05, 0) is 54.1 Å². The molecule has 1 fully saturated rings. The van der Waals surface area contributed by atoms with Crippen LogP contribution in [0.1, 0.15) is 21.6 Å². The van der Waals surface area contributed by atoms with E-state index in [9.17, 15) is 18.7 Å². The van der Waals surface area contributed by atoms with Crippen molar-refractivity contribution >= 4 is 29.1 Å². The fourth-order valence-electron chi connectivity index (χ4n) is 4.09. The lowest BCUT2D eigenvalue weighted by molar-refractivity contribution is -0.0498. The molecule has 0 spiro atoms. The number of aromatic hydroxyl groups is 1. The number of alkyl halides is 2. The van der Waals surface area contributed by atoms with Gasteiger partial charge in [-0.2, -0.15) is 13.9 Å². The molecule has 1 amide bonds. The van der Waals surface area contributed by atoms with E-state index in [1.54, 1.807) is 59.5 Å². The normalized spacial score (nSPS) is 14.1. The quantitative estimate of drug-likeness (QED) is 0.375. The van der Waals surface area contributed by atoms with Crippen LogP contribution in [0, 0.1) is 0 Å². The number of hydrogen-bond donors (Lipinski definition) is 3. The second-order valence-electron chi connectivity index (χ2n) is 8.26. The zero-order valence-corrected chi connectivity index (χ0v) is 19.1. The van der Waals surface area contributed by atoms with Crippen LogP contribution in [0.25, 0.3) is 34.4 Å². The molecule has 2 aromatic carbocycles. The molecule has 0 aliphatic carbocycles. The summed E-state index contributed by atoms with van der Waals surface area (Å²) in [4.78, 5) is 20.0. The number of pyridine rings is 1. The van der Waals surface area contributed by atoms with Crippen LogP contribution in [0.4, 0.5) is 8.78 Å². The van der Waals surface area contributed by atoms with Gasteiger partial charge in [0.05, 0.1) is 22.3 Å². The molecule has 5 rings (SSSR count). The first-order chi connectivity index (χ1) is 17.5. The van der Waals surface area contributed by atoms with Crippen LogP contribution in [0.15, 0.2) is 54.6 Å². The summed E-state index contributed by atoms with van der Waals surface area (Å²) < 4.78 is 29.2. The van der Waals surface area contributed by atoms with E-state index in [-0.39, 0.29) is 17.4 Å². The van der Waals surface area contributed by atoms with Crippen molar-refractivity contribution in [1.29, 1.82) is 0 Å². The predicted octanol–water partition coefficient (Wildman–Crippen LogP) is 4.15. The summed E-state index contributed by atoms with van der Waals surface area (Å²) in [7, 11) is 0. The molecule has 1 saturated heterocycles. The van der Waals surface area contributed by atoms with E-state index < -0.39 is 6.61 Å². The standard InChI is InChI=1S/C26H23F2N5O3/c27-26(28)36-19-8-1-16(2-9-19)3-10-21-23-20(25(35)33-13-11-29-12-14-33)15-22(30-24(23)32-31-21)17-4-6-18(34)7-5-17/h1-10,15,26,29,34H,11-14H2,(H,30,31,32)/b10-3+. The molecule has 0 saturated carbocycles. The molecule has 1 aliphatic heterocycles. The molecule has 0 atom stereocenters. The summed E-state index contributed by atoms with van der Waals surface area (Å²) in [5.41, 5.74) is 3.52. The zero-order chi connectivity index (χ0) is 25.1. The van der Waals surface area contributed by atoms with Crippen LogP contribution in [-0.4, -0.2) is 63.9 Å². The molecule has 2 aromatic heterocycles. The van der Waals surface area contributed by atoms with Crippen molar-refractivity contribution < 1.29 is 23.4 Å². The summed E-state index contributed by atoms with van der Waals surface area (Å²) in [5.74, 6) is 0.0930. The SMILES string of the molecule is O=C(c1cc(-c2ccc(O)cc2)nc2n[nH]c(/C=C/c3ccc(OC(F)F)cc3)c12)N1CCNCC1. The number of nitrogens with one attached hydrogen (secondary N) is 2. The van der Waals surface area contributed by atoms with E-state index in [1.807, 2.05) is 0 Å². The maximum atomic E-state index is 13.6. The van der Waals surface area contributed by atoms with E-state index >= 15 is 0 Å². The maximum absolute atomic E-state index is 13.6. The number of fused-ring (bicyclic) bond motifs is 1. The van der Waals surface area contributed by atoms with Crippen LogP contribution in [-0.2, 0) is 0 Å². The number of piperazine rings is 1. The predicted molar refractivity (Wildman–Crippen MR) is 132 cm³/mol. The van der Waals surface area contributed by atoms with Crippen molar-refractivity contribution in [1.82, 2.24) is 25.4 Å². The van der Waals surface area contributed by atoms with E-state index in [4.69, 9.17) is 0 Å². The number of benzene rings is 2. The number of nitrogens with zero attached hydrogens (tertiary/aromatic N) is 3. The Labute approximate surface area is 205 Å². The molecule has 36 heavy (non-hydrogen) atoms. The Balaban J connectivity index is 1.54. The highest BCUT2D eigenvalue weighted by Crippen LogP contribution is 2.29. The van der Waals surface area contributed by atoms with Crippen LogP contribution in [0.2, 0.25) is 0 Å². The lowest BCUT2D eigenvalue weighted by atomic mass is 10.0. The summed E-state index contributed by atoms with van der Waals surface area (Å²) in [5, 5.41) is 20.8. The van der Waals surface area contributed by atoms with Gasteiger partial charge in [0.1, 0.15) is 11.5 Å². The number of phenolic OH excluding ortho intramolecular Hbond substituents is 1. The number of ether oxygens (including phenoxy) is 1. The van der Waals surface area contributed by atoms with Crippen molar-refractivity contribution in [2.45, 2.75) is 6.61 Å². The molecule has 0 unspecified atom stereocenters. The van der Waals surface area contributed by atoms with Gasteiger partial charge in [-0.3, -0.25) is 9.89 Å². The lowest BCUT2D eigenvalue weighted by Crippen LogP contribution is -2.46. The van der Waals surface area contributed by atoms with Gasteiger partial charge in [-0.15, -0.1) is 0 Å². The number of aromatic nitrogens is 3. The maximum Gasteiger partial charge on any atom is 0.387 e. The van der Waals surface area contributed by atoms with Gasteiger partial charge in [0.2, 0.25) is 0 Å². The lowest BCUT2D eigenvalue weighted by Gasteiger charge is -2.27. The summed E-state index contributed by atoms with van der Waals surface area (Å²) in [6.45, 7) is -0.267. The van der Waals surface area contributed by atoms with Crippen molar-refractivity contribution in [3.8, 4) is 22.8 Å². The topological polar surface area (TPSA) is 103 Å². The van der Waals surface area contributed by atoms with Crippen LogP contribution < -0.4 is 10.1 Å². The van der Waals surface area contributed by atoms with Crippen LogP contribution in [0.5, 0.6) is 11.5 Å². The molecule has 4 aromatic rings. The number of aromatic amines is 1. The van der Waals surface area contributed by atoms with Crippen LogP contribution in [0.3, 0.4) is 0 Å². The average molecular weight is 491 g/mol. The van der Waals surface area contributed by atoms with Crippen LogP contribution >= 0.6 is 0 Å². The Morgan fingerprint density at radius 1 is 1.06 bits per heavy atom. The Bertz CT molecular complexity index is 1400. The number of rotatable bonds is 6. The van der Waals surface area contributed by atoms with Crippen molar-refractivity contribution in [3.63, 3.8) is 0 Å². The van der Waals surface area contributed by atoms with Gasteiger partial charge < -0.3 is 20.1 Å². The fourth-order valence-corrected chi connectivity index (χ4v) is 4.09.